The number of imidazole rings is 1. The van der Waals surface area contributed by atoms with Crippen molar-refractivity contribution in [2.24, 2.45) is 4.99 Å². The second-order valence-electron chi connectivity index (χ2n) is 7.58. The molecule has 1 atom stereocenters. The summed E-state index contributed by atoms with van der Waals surface area (Å²) in [6.45, 7) is 8.38. The van der Waals surface area contributed by atoms with Crippen molar-refractivity contribution in [1.82, 2.24) is 30.0 Å². The molecule has 2 aromatic rings. The minimum Gasteiger partial charge on any atom is -0.355 e. The summed E-state index contributed by atoms with van der Waals surface area (Å²) in [5.74, 6) is 1.81. The summed E-state index contributed by atoms with van der Waals surface area (Å²) in [6, 6.07) is 10.7. The molecule has 1 saturated heterocycles. The van der Waals surface area contributed by atoms with Gasteiger partial charge in [0, 0.05) is 52.9 Å². The molecule has 8 heteroatoms. The van der Waals surface area contributed by atoms with Gasteiger partial charge in [0.15, 0.2) is 5.96 Å². The van der Waals surface area contributed by atoms with Crippen molar-refractivity contribution in [3.63, 3.8) is 0 Å². The second kappa shape index (κ2) is 11.5. The number of piperazine rings is 1. The van der Waals surface area contributed by atoms with E-state index < -0.39 is 0 Å². The van der Waals surface area contributed by atoms with E-state index >= 15 is 0 Å². The van der Waals surface area contributed by atoms with Crippen LogP contribution < -0.4 is 5.32 Å². The molecular formula is C21H34IN7. The first-order valence-electron chi connectivity index (χ1n) is 10.0. The van der Waals surface area contributed by atoms with Gasteiger partial charge in [0.25, 0.3) is 0 Å². The number of hydrogen-bond acceptors (Lipinski definition) is 4. The van der Waals surface area contributed by atoms with Crippen molar-refractivity contribution >= 4 is 29.9 Å². The number of rotatable bonds is 6. The van der Waals surface area contributed by atoms with E-state index in [2.05, 4.69) is 61.1 Å². The molecule has 0 saturated carbocycles. The first kappa shape index (κ1) is 23.6. The number of H-pyrrole nitrogens is 1. The maximum Gasteiger partial charge on any atom is 0.193 e. The lowest BCUT2D eigenvalue weighted by molar-refractivity contribution is 0.119. The van der Waals surface area contributed by atoms with Gasteiger partial charge in [0.2, 0.25) is 0 Å². The number of nitrogens with one attached hydrogen (secondary N) is 2. The summed E-state index contributed by atoms with van der Waals surface area (Å²) >= 11 is 0. The molecule has 3 rings (SSSR count). The average Bonchev–Trinajstić information content (AvgIpc) is 3.18. The van der Waals surface area contributed by atoms with E-state index in [0.717, 1.165) is 55.8 Å². The highest BCUT2D eigenvalue weighted by atomic mass is 127. The summed E-state index contributed by atoms with van der Waals surface area (Å²) < 4.78 is 0. The van der Waals surface area contributed by atoms with Crippen LogP contribution in [0.3, 0.4) is 0 Å². The van der Waals surface area contributed by atoms with Gasteiger partial charge in [0.1, 0.15) is 5.82 Å². The summed E-state index contributed by atoms with van der Waals surface area (Å²) in [4.78, 5) is 19.4. The molecule has 2 heterocycles. The molecular weight excluding hydrogens is 477 g/mol. The van der Waals surface area contributed by atoms with E-state index in [-0.39, 0.29) is 24.0 Å². The largest absolute Gasteiger partial charge is 0.355 e. The predicted molar refractivity (Wildman–Crippen MR) is 131 cm³/mol. The van der Waals surface area contributed by atoms with Crippen LogP contribution in [0.2, 0.25) is 0 Å². The molecule has 0 radical (unpaired) electrons. The maximum absolute atomic E-state index is 4.53. The molecule has 1 unspecified atom stereocenters. The predicted octanol–water partition coefficient (Wildman–Crippen LogP) is 2.34. The van der Waals surface area contributed by atoms with E-state index in [1.165, 1.54) is 0 Å². The lowest BCUT2D eigenvalue weighted by Crippen LogP contribution is -2.52. The number of aliphatic imine (C=N–C) groups is 1. The zero-order valence-corrected chi connectivity index (χ0v) is 20.3. The quantitative estimate of drug-likeness (QED) is 0.354. The molecule has 1 aromatic heterocycles. The third-order valence-corrected chi connectivity index (χ3v) is 5.39. The molecule has 0 amide bonds. The van der Waals surface area contributed by atoms with Gasteiger partial charge in [-0.1, -0.05) is 30.3 Å². The molecule has 0 aliphatic carbocycles. The topological polar surface area (TPSA) is 62.8 Å². The van der Waals surface area contributed by atoms with Gasteiger partial charge in [-0.25, -0.2) is 4.98 Å². The molecule has 160 valence electrons. The van der Waals surface area contributed by atoms with Crippen LogP contribution in [0.15, 0.2) is 41.5 Å². The summed E-state index contributed by atoms with van der Waals surface area (Å²) in [5, 5.41) is 3.52. The van der Waals surface area contributed by atoms with Crippen LogP contribution in [0.4, 0.5) is 0 Å². The molecule has 1 fully saturated rings. The van der Waals surface area contributed by atoms with Gasteiger partial charge < -0.3 is 20.1 Å². The van der Waals surface area contributed by atoms with Crippen LogP contribution >= 0.6 is 24.0 Å². The molecule has 0 bridgehead atoms. The Balaban J connectivity index is 0.00000300. The first-order valence-corrected chi connectivity index (χ1v) is 10.0. The Morgan fingerprint density at radius 3 is 2.59 bits per heavy atom. The van der Waals surface area contributed by atoms with Crippen LogP contribution in [0, 0.1) is 0 Å². The van der Waals surface area contributed by atoms with Crippen molar-refractivity contribution in [3.05, 3.63) is 42.4 Å². The fourth-order valence-corrected chi connectivity index (χ4v) is 3.52. The van der Waals surface area contributed by atoms with Crippen LogP contribution in [0.1, 0.15) is 12.7 Å². The van der Waals surface area contributed by atoms with Crippen LogP contribution in [-0.4, -0.2) is 90.5 Å². The molecule has 0 spiro atoms. The number of aromatic nitrogens is 2. The highest BCUT2D eigenvalue weighted by molar-refractivity contribution is 14.0. The number of halogens is 1. The van der Waals surface area contributed by atoms with Gasteiger partial charge in [-0.3, -0.25) is 9.89 Å². The summed E-state index contributed by atoms with van der Waals surface area (Å²) in [7, 11) is 6.06. The van der Waals surface area contributed by atoms with Crippen LogP contribution in [0.25, 0.3) is 11.3 Å². The lowest BCUT2D eigenvalue weighted by atomic mass is 10.2. The zero-order valence-electron chi connectivity index (χ0n) is 17.9. The number of aromatic amines is 1. The van der Waals surface area contributed by atoms with Gasteiger partial charge in [-0.15, -0.1) is 24.0 Å². The van der Waals surface area contributed by atoms with E-state index in [0.29, 0.717) is 12.6 Å². The lowest BCUT2D eigenvalue weighted by Gasteiger charge is -2.37. The first-order chi connectivity index (χ1) is 13.6. The number of likely N-dealkylation sites (N-methyl/N-ethyl adjacent to an activating group) is 1. The van der Waals surface area contributed by atoms with E-state index in [4.69, 9.17) is 0 Å². The van der Waals surface area contributed by atoms with E-state index in [9.17, 15) is 0 Å². The van der Waals surface area contributed by atoms with Crippen LogP contribution in [-0.2, 0) is 6.54 Å². The molecule has 1 aliphatic rings. The van der Waals surface area contributed by atoms with Gasteiger partial charge in [0.05, 0.1) is 18.4 Å². The fraction of sp³-hybridized carbons (Fsp3) is 0.524. The summed E-state index contributed by atoms with van der Waals surface area (Å²) in [6.07, 6.45) is 1.89. The maximum atomic E-state index is 4.53. The van der Waals surface area contributed by atoms with Gasteiger partial charge in [-0.2, -0.15) is 0 Å². The Bertz CT molecular complexity index is 753. The summed E-state index contributed by atoms with van der Waals surface area (Å²) in [5.41, 5.74) is 2.18. The zero-order chi connectivity index (χ0) is 19.9. The van der Waals surface area contributed by atoms with Crippen LogP contribution in [0.5, 0.6) is 0 Å². The second-order valence-corrected chi connectivity index (χ2v) is 7.58. The van der Waals surface area contributed by atoms with Crippen molar-refractivity contribution < 1.29 is 0 Å². The Kier molecular flexibility index (Phi) is 9.38. The molecule has 29 heavy (non-hydrogen) atoms. The van der Waals surface area contributed by atoms with Crippen molar-refractivity contribution in [3.8, 4) is 11.3 Å². The number of nitrogens with zero attached hydrogens (tertiary/aromatic N) is 5. The monoisotopic (exact) mass is 511 g/mol. The Labute approximate surface area is 191 Å². The van der Waals surface area contributed by atoms with Gasteiger partial charge in [-0.05, 0) is 19.5 Å². The average molecular weight is 511 g/mol. The van der Waals surface area contributed by atoms with E-state index in [1.807, 2.05) is 38.5 Å². The third-order valence-electron chi connectivity index (χ3n) is 5.39. The highest BCUT2D eigenvalue weighted by Gasteiger charge is 2.19. The van der Waals surface area contributed by atoms with Crippen molar-refractivity contribution in [2.45, 2.75) is 19.5 Å². The Hall–Kier alpha value is -1.65. The van der Waals surface area contributed by atoms with Crippen molar-refractivity contribution in [1.29, 1.82) is 0 Å². The molecule has 1 aromatic carbocycles. The third kappa shape index (κ3) is 6.68. The smallest absolute Gasteiger partial charge is 0.193 e. The van der Waals surface area contributed by atoms with Crippen molar-refractivity contribution in [2.75, 3.05) is 53.9 Å². The number of hydrogen-bond donors (Lipinski definition) is 2. The molecule has 1 aliphatic heterocycles. The SMILES string of the molecule is CN=C(NCC(C)N1CCN(C)CC1)N(C)Cc1ncc(-c2ccccc2)[nH]1.I. The molecule has 7 nitrogen and oxygen atoms in total. The van der Waals surface area contributed by atoms with Gasteiger partial charge >= 0.3 is 0 Å². The minimum absolute atomic E-state index is 0. The minimum atomic E-state index is 0. The Morgan fingerprint density at radius 2 is 1.93 bits per heavy atom. The molecule has 2 N–H and O–H groups in total. The standard InChI is InChI=1S/C21H33N7.HI/c1-17(28-12-10-26(3)11-13-28)14-24-21(22-2)27(4)16-20-23-15-19(25-20)18-8-6-5-7-9-18;/h5-9,15,17H,10-14,16H2,1-4H3,(H,22,24)(H,23,25);1H. The van der Waals surface area contributed by atoms with E-state index in [1.54, 1.807) is 0 Å². The normalized spacial score (nSPS) is 16.9. The number of benzene rings is 1. The number of guanidine groups is 1. The highest BCUT2D eigenvalue weighted by Crippen LogP contribution is 2.16. The Morgan fingerprint density at radius 1 is 1.24 bits per heavy atom. The fourth-order valence-electron chi connectivity index (χ4n) is 3.52.